The van der Waals surface area contributed by atoms with Gasteiger partial charge in [0, 0.05) is 6.61 Å². The number of ether oxygens (including phenoxy) is 1. The van der Waals surface area contributed by atoms with Crippen LogP contribution in [0.5, 0.6) is 0 Å². The highest BCUT2D eigenvalue weighted by atomic mass is 31.1. The SMILES string of the molecule is [B]PNCOCCCO. The Kier molecular flexibility index (Phi) is 8.72. The highest BCUT2D eigenvalue weighted by Gasteiger charge is 1.83. The molecule has 0 fully saturated rings. The summed E-state index contributed by atoms with van der Waals surface area (Å²) in [5, 5.41) is 11.1. The first-order chi connectivity index (χ1) is 4.41. The van der Waals surface area contributed by atoms with E-state index in [1.165, 1.54) is 0 Å². The quantitative estimate of drug-likeness (QED) is 0.232. The monoisotopic (exact) mass is 147 g/mol. The third kappa shape index (κ3) is 8.37. The lowest BCUT2D eigenvalue weighted by molar-refractivity contribution is 0.114. The molecule has 1 unspecified atom stereocenters. The number of rotatable bonds is 6. The molecule has 2 radical (unpaired) electrons. The Balaban J connectivity index is 2.60. The molecule has 5 heteroatoms. The van der Waals surface area contributed by atoms with Crippen molar-refractivity contribution < 1.29 is 9.84 Å². The van der Waals surface area contributed by atoms with E-state index in [1.807, 2.05) is 0 Å². The van der Waals surface area contributed by atoms with Crippen LogP contribution in [0.2, 0.25) is 0 Å². The lowest BCUT2D eigenvalue weighted by Gasteiger charge is -2.01. The summed E-state index contributed by atoms with van der Waals surface area (Å²) in [5.41, 5.74) is 0. The van der Waals surface area contributed by atoms with Gasteiger partial charge in [-0.3, -0.25) is 5.09 Å². The van der Waals surface area contributed by atoms with Crippen LogP contribution in [0.25, 0.3) is 0 Å². The maximum Gasteiger partial charge on any atom is 0.125 e. The van der Waals surface area contributed by atoms with Crippen molar-refractivity contribution >= 4 is 16.2 Å². The summed E-state index contributed by atoms with van der Waals surface area (Å²) in [5.74, 6) is 0. The maximum absolute atomic E-state index is 8.30. The van der Waals surface area contributed by atoms with E-state index in [0.29, 0.717) is 19.8 Å². The van der Waals surface area contributed by atoms with E-state index < -0.39 is 0 Å². The Morgan fingerprint density at radius 2 is 2.44 bits per heavy atom. The number of hydrogen-bond acceptors (Lipinski definition) is 3. The van der Waals surface area contributed by atoms with Crippen LogP contribution < -0.4 is 5.09 Å². The standard InChI is InChI=1S/C4H11BNO2P/c5-9-6-4-8-3-1-2-7/h6-7,9H,1-4H2. The zero-order valence-electron chi connectivity index (χ0n) is 5.26. The largest absolute Gasteiger partial charge is 0.396 e. The van der Waals surface area contributed by atoms with Gasteiger partial charge >= 0.3 is 0 Å². The molecule has 0 aliphatic heterocycles. The molecule has 1 atom stereocenters. The number of aliphatic hydroxyl groups is 1. The zero-order valence-corrected chi connectivity index (χ0v) is 6.26. The minimum absolute atomic E-state index is 0.185. The second-order valence-corrected chi connectivity index (χ2v) is 2.09. The molecule has 0 amide bonds. The van der Waals surface area contributed by atoms with Crippen LogP contribution in [0.15, 0.2) is 0 Å². The third-order valence-corrected chi connectivity index (χ3v) is 1.07. The molecule has 0 aromatic carbocycles. The van der Waals surface area contributed by atoms with Crippen LogP contribution in [0.4, 0.5) is 0 Å². The molecule has 2 N–H and O–H groups in total. The molecule has 0 spiro atoms. The van der Waals surface area contributed by atoms with Crippen molar-refractivity contribution in [1.29, 1.82) is 0 Å². The maximum atomic E-state index is 8.30. The predicted molar refractivity (Wildman–Crippen MR) is 39.7 cm³/mol. The summed E-state index contributed by atoms with van der Waals surface area (Å²) in [4.78, 5) is 0. The van der Waals surface area contributed by atoms with Gasteiger partial charge in [0.15, 0.2) is 0 Å². The second-order valence-electron chi connectivity index (χ2n) is 1.45. The smallest absolute Gasteiger partial charge is 0.125 e. The number of hydrogen-bond donors (Lipinski definition) is 2. The molecule has 0 saturated carbocycles. The summed E-state index contributed by atoms with van der Waals surface area (Å²) < 4.78 is 4.97. The van der Waals surface area contributed by atoms with Crippen LogP contribution in [0, 0.1) is 0 Å². The second kappa shape index (κ2) is 8.37. The van der Waals surface area contributed by atoms with Gasteiger partial charge in [-0.2, -0.15) is 0 Å². The molecule has 0 bridgehead atoms. The van der Waals surface area contributed by atoms with E-state index in [4.69, 9.17) is 17.4 Å². The molecule has 0 rings (SSSR count). The molecular formula is C4H11BNO2P. The van der Waals surface area contributed by atoms with Crippen molar-refractivity contribution in [2.45, 2.75) is 6.42 Å². The van der Waals surface area contributed by atoms with Crippen LogP contribution in [-0.2, 0) is 4.74 Å². The Morgan fingerprint density at radius 3 is 3.00 bits per heavy atom. The van der Waals surface area contributed by atoms with Crippen LogP contribution in [0.1, 0.15) is 6.42 Å². The van der Waals surface area contributed by atoms with Gasteiger partial charge in [0.25, 0.3) is 0 Å². The van der Waals surface area contributed by atoms with Gasteiger partial charge in [0.05, 0.1) is 13.3 Å². The van der Waals surface area contributed by atoms with E-state index in [1.54, 1.807) is 0 Å². The van der Waals surface area contributed by atoms with E-state index in [2.05, 4.69) is 5.09 Å². The molecule has 0 heterocycles. The lowest BCUT2D eigenvalue weighted by atomic mass is 10.5. The Morgan fingerprint density at radius 1 is 1.67 bits per heavy atom. The fourth-order valence-electron chi connectivity index (χ4n) is 0.331. The van der Waals surface area contributed by atoms with E-state index >= 15 is 0 Å². The van der Waals surface area contributed by atoms with Crippen molar-refractivity contribution in [2.75, 3.05) is 19.9 Å². The van der Waals surface area contributed by atoms with E-state index in [0.717, 1.165) is 0 Å². The molecule has 9 heavy (non-hydrogen) atoms. The van der Waals surface area contributed by atoms with Gasteiger partial charge in [-0.15, -0.1) is 8.61 Å². The molecule has 0 saturated heterocycles. The summed E-state index contributed by atoms with van der Waals surface area (Å²) >= 11 is 0. The number of aliphatic hydroxyl groups excluding tert-OH is 1. The van der Waals surface area contributed by atoms with E-state index in [-0.39, 0.29) is 15.2 Å². The highest BCUT2D eigenvalue weighted by molar-refractivity contribution is 7.64. The summed E-state index contributed by atoms with van der Waals surface area (Å²) in [7, 11) is 5.36. The molecule has 3 nitrogen and oxygen atoms in total. The van der Waals surface area contributed by atoms with Crippen LogP contribution in [0.3, 0.4) is 0 Å². The average molecular weight is 147 g/mol. The van der Waals surface area contributed by atoms with Crippen molar-refractivity contribution in [2.24, 2.45) is 0 Å². The minimum atomic E-state index is 0.185. The van der Waals surface area contributed by atoms with Crippen molar-refractivity contribution in [1.82, 2.24) is 5.09 Å². The van der Waals surface area contributed by atoms with Crippen LogP contribution in [-0.4, -0.2) is 32.6 Å². The van der Waals surface area contributed by atoms with Gasteiger partial charge < -0.3 is 9.84 Å². The zero-order chi connectivity index (χ0) is 6.95. The predicted octanol–water partition coefficient (Wildman–Crippen LogP) is -0.391. The Hall–Kier alpha value is 0.375. The normalized spacial score (nSPS) is 11.2. The molecule has 0 aromatic heterocycles. The Bertz CT molecular complexity index is 51.8. The number of nitrogens with one attached hydrogen (secondary N) is 1. The first-order valence-electron chi connectivity index (χ1n) is 2.79. The summed E-state index contributed by atoms with van der Waals surface area (Å²) in [6, 6.07) is 0. The molecule has 0 aliphatic rings. The molecule has 0 aromatic rings. The topological polar surface area (TPSA) is 41.5 Å². The van der Waals surface area contributed by atoms with Crippen molar-refractivity contribution in [3.05, 3.63) is 0 Å². The first kappa shape index (κ1) is 9.37. The van der Waals surface area contributed by atoms with E-state index in [9.17, 15) is 0 Å². The van der Waals surface area contributed by atoms with Crippen molar-refractivity contribution in [3.8, 4) is 0 Å². The van der Waals surface area contributed by atoms with Gasteiger partial charge in [-0.1, -0.05) is 0 Å². The summed E-state index contributed by atoms with van der Waals surface area (Å²) in [6.07, 6.45) is 0.690. The minimum Gasteiger partial charge on any atom is -0.396 e. The first-order valence-corrected chi connectivity index (χ1v) is 3.86. The third-order valence-electron chi connectivity index (χ3n) is 0.723. The summed E-state index contributed by atoms with van der Waals surface area (Å²) in [6.45, 7) is 1.26. The molecule has 52 valence electrons. The van der Waals surface area contributed by atoms with Gasteiger partial charge in [-0.05, 0) is 6.42 Å². The molecule has 0 aliphatic carbocycles. The van der Waals surface area contributed by atoms with Crippen LogP contribution >= 0.6 is 8.61 Å². The highest BCUT2D eigenvalue weighted by Crippen LogP contribution is 1.88. The fraction of sp³-hybridized carbons (Fsp3) is 1.00. The molecular weight excluding hydrogens is 136 g/mol. The van der Waals surface area contributed by atoms with Gasteiger partial charge in [0.2, 0.25) is 0 Å². The average Bonchev–Trinajstić information content (AvgIpc) is 1.89. The lowest BCUT2D eigenvalue weighted by Crippen LogP contribution is -2.09. The van der Waals surface area contributed by atoms with Gasteiger partial charge in [0.1, 0.15) is 7.57 Å². The van der Waals surface area contributed by atoms with Crippen molar-refractivity contribution in [3.63, 3.8) is 0 Å². The fourth-order valence-corrected chi connectivity index (χ4v) is 0.517. The van der Waals surface area contributed by atoms with Gasteiger partial charge in [-0.25, -0.2) is 0 Å². The Labute approximate surface area is 58.4 Å².